The third-order valence-corrected chi connectivity index (χ3v) is 2.51. The normalized spacial score (nSPS) is 10.1. The van der Waals surface area contributed by atoms with Crippen LogP contribution in [0.3, 0.4) is 0 Å². The average Bonchev–Trinajstić information content (AvgIpc) is 2.42. The van der Waals surface area contributed by atoms with Crippen molar-refractivity contribution < 1.29 is 0 Å². The van der Waals surface area contributed by atoms with Gasteiger partial charge >= 0.3 is 0 Å². The van der Waals surface area contributed by atoms with Crippen molar-refractivity contribution in [2.24, 2.45) is 0 Å². The summed E-state index contributed by atoms with van der Waals surface area (Å²) in [6, 6.07) is 18.1. The molecule has 1 nitrogen and oxygen atoms in total. The lowest BCUT2D eigenvalue weighted by Crippen LogP contribution is -1.91. The van der Waals surface area contributed by atoms with Gasteiger partial charge in [0.1, 0.15) is 0 Å². The van der Waals surface area contributed by atoms with E-state index in [1.54, 1.807) is 0 Å². The lowest BCUT2D eigenvalue weighted by molar-refractivity contribution is 1.58. The number of rotatable bonds is 3. The van der Waals surface area contributed by atoms with E-state index >= 15 is 0 Å². The average molecular weight is 233 g/mol. The Morgan fingerprint density at radius 3 is 2.28 bits per heavy atom. The first-order valence-electron chi connectivity index (χ1n) is 5.96. The van der Waals surface area contributed by atoms with Crippen molar-refractivity contribution >= 4 is 18.5 Å². The van der Waals surface area contributed by atoms with E-state index in [0.717, 1.165) is 11.1 Å². The number of hydrogen-bond acceptors (Lipinski definition) is 0. The molecule has 0 unspecified atom stereocenters. The summed E-state index contributed by atoms with van der Waals surface area (Å²) < 4.78 is 4.25. The highest BCUT2D eigenvalue weighted by Crippen LogP contribution is 2.07. The van der Waals surface area contributed by atoms with E-state index in [9.17, 15) is 0 Å². The zero-order chi connectivity index (χ0) is 12.6. The topological polar surface area (TPSA) is 14.1 Å². The second-order valence-corrected chi connectivity index (χ2v) is 3.86. The van der Waals surface area contributed by atoms with Crippen LogP contribution in [-0.4, -0.2) is 12.4 Å². The van der Waals surface area contributed by atoms with E-state index in [1.807, 2.05) is 67.7 Å². The molecule has 0 aromatic heterocycles. The van der Waals surface area contributed by atoms with Crippen molar-refractivity contribution in [1.29, 1.82) is 0 Å². The van der Waals surface area contributed by atoms with Crippen molar-refractivity contribution in [3.8, 4) is 0 Å². The highest BCUT2D eigenvalue weighted by Gasteiger charge is 1.95. The van der Waals surface area contributed by atoms with Crippen molar-refractivity contribution in [3.63, 3.8) is 0 Å². The van der Waals surface area contributed by atoms with E-state index in [0.29, 0.717) is 0 Å². The van der Waals surface area contributed by atoms with Gasteiger partial charge in [0.2, 0.25) is 6.21 Å². The zero-order valence-corrected chi connectivity index (χ0v) is 10.4. The molecular formula is C17H15N. The molecule has 0 aliphatic rings. The van der Waals surface area contributed by atoms with Gasteiger partial charge < -0.3 is 0 Å². The van der Waals surface area contributed by atoms with Crippen LogP contribution in [-0.2, 0) is 0 Å². The lowest BCUT2D eigenvalue weighted by atomic mass is 10.1. The van der Waals surface area contributed by atoms with Gasteiger partial charge in [-0.25, -0.2) is 0 Å². The number of benzene rings is 2. The van der Waals surface area contributed by atoms with Crippen LogP contribution in [0.4, 0.5) is 0 Å². The molecule has 0 saturated heterocycles. The first kappa shape index (κ1) is 12.1. The van der Waals surface area contributed by atoms with Crippen molar-refractivity contribution in [1.82, 2.24) is 4.67 Å². The molecule has 0 radical (unpaired) electrons. The molecule has 0 aliphatic heterocycles. The molecule has 0 bridgehead atoms. The van der Waals surface area contributed by atoms with Gasteiger partial charge in [-0.1, -0.05) is 48.0 Å². The molecule has 88 valence electrons. The van der Waals surface area contributed by atoms with Crippen LogP contribution in [0.5, 0.6) is 0 Å². The van der Waals surface area contributed by atoms with Gasteiger partial charge in [-0.15, -0.1) is 24.3 Å². The van der Waals surface area contributed by atoms with Crippen LogP contribution >= 0.6 is 0 Å². The molecule has 0 atom stereocenters. The van der Waals surface area contributed by atoms with Crippen LogP contribution in [0.2, 0.25) is 0 Å². The van der Waals surface area contributed by atoms with E-state index in [4.69, 9.17) is 0 Å². The third kappa shape index (κ3) is 3.31. The van der Waals surface area contributed by atoms with E-state index < -0.39 is 0 Å². The maximum atomic E-state index is 4.25. The van der Waals surface area contributed by atoms with Crippen LogP contribution in [0.1, 0.15) is 23.6 Å². The highest BCUT2D eigenvalue weighted by molar-refractivity contribution is 5.89. The van der Waals surface area contributed by atoms with Gasteiger partial charge in [0.25, 0.3) is 6.21 Å². The smallest absolute Gasteiger partial charge is 0.187 e. The summed E-state index contributed by atoms with van der Waals surface area (Å²) in [6.07, 6.45) is 8.94. The van der Waals surface area contributed by atoms with Crippen LogP contribution < -0.4 is 4.67 Å². The summed E-state index contributed by atoms with van der Waals surface area (Å²) in [7, 11) is 0. The molecule has 2 aromatic carbocycles. The number of allylic oxidation sites excluding steroid dienone is 1. The standard InChI is InChI=1S/C17H15N/c1-2-8-16-11-6-7-12-17(16)14-18-13-15-9-4-3-5-10-15/h2-12,14H,1H3/b8-2+. The summed E-state index contributed by atoms with van der Waals surface area (Å²) in [6.45, 7) is 2.01. The quantitative estimate of drug-likeness (QED) is 0.439. The Bertz CT molecular complexity index is 588. The molecule has 0 spiro atoms. The molecule has 18 heavy (non-hydrogen) atoms. The Labute approximate surface area is 108 Å². The van der Waals surface area contributed by atoms with Gasteiger partial charge in [-0.3, -0.25) is 0 Å². The second-order valence-electron chi connectivity index (χ2n) is 3.86. The van der Waals surface area contributed by atoms with Crippen molar-refractivity contribution in [2.75, 3.05) is 0 Å². The summed E-state index contributed by atoms with van der Waals surface area (Å²) in [5.74, 6) is 0. The highest BCUT2D eigenvalue weighted by atomic mass is 14.5. The molecule has 2 aromatic rings. The summed E-state index contributed by atoms with van der Waals surface area (Å²) in [5, 5.41) is 0. The van der Waals surface area contributed by atoms with Crippen LogP contribution in [0.25, 0.3) is 6.08 Å². The molecule has 1 heteroatoms. The molecule has 0 N–H and O–H groups in total. The summed E-state index contributed by atoms with van der Waals surface area (Å²) >= 11 is 0. The predicted octanol–water partition coefficient (Wildman–Crippen LogP) is 3.20. The molecule has 0 aliphatic carbocycles. The minimum atomic E-state index is 0.984. The maximum absolute atomic E-state index is 4.25. The molecule has 2 rings (SSSR count). The van der Waals surface area contributed by atoms with Gasteiger partial charge in [-0.2, -0.15) is 4.67 Å². The Morgan fingerprint density at radius 2 is 1.56 bits per heavy atom. The van der Waals surface area contributed by atoms with Gasteiger partial charge in [0.05, 0.1) is 0 Å². The Balaban J connectivity index is 2.26. The summed E-state index contributed by atoms with van der Waals surface area (Å²) in [5.41, 5.74) is 3.25. The first-order valence-corrected chi connectivity index (χ1v) is 5.96. The minimum Gasteiger partial charge on any atom is -0.187 e. The Kier molecular flexibility index (Phi) is 4.29. The fraction of sp³-hybridized carbons (Fsp3) is 0.0588. The van der Waals surface area contributed by atoms with E-state index in [-0.39, 0.29) is 0 Å². The largest absolute Gasteiger partial charge is 0.290 e. The first-order chi connectivity index (χ1) is 8.90. The monoisotopic (exact) mass is 233 g/mol. The van der Waals surface area contributed by atoms with Gasteiger partial charge in [0.15, 0.2) is 0 Å². The fourth-order valence-electron chi connectivity index (χ4n) is 1.65. The maximum Gasteiger partial charge on any atom is 0.290 e. The molecule has 0 heterocycles. The minimum absolute atomic E-state index is 0.984. The summed E-state index contributed by atoms with van der Waals surface area (Å²) in [4.78, 5) is 0. The molecule has 0 saturated carbocycles. The van der Waals surface area contributed by atoms with Gasteiger partial charge in [-0.05, 0) is 12.5 Å². The van der Waals surface area contributed by atoms with Gasteiger partial charge in [0, 0.05) is 5.56 Å². The zero-order valence-electron chi connectivity index (χ0n) is 10.4. The Hall–Kier alpha value is -2.37. The SMILES string of the molecule is C/C=C/c1ccccc1C=[N+]=[C-]c1ccccc1. The van der Waals surface area contributed by atoms with E-state index in [1.165, 1.54) is 5.56 Å². The fourth-order valence-corrected chi connectivity index (χ4v) is 1.65. The van der Waals surface area contributed by atoms with Crippen LogP contribution in [0, 0.1) is 0 Å². The van der Waals surface area contributed by atoms with E-state index in [2.05, 4.69) is 23.0 Å². The van der Waals surface area contributed by atoms with Crippen molar-refractivity contribution in [2.45, 2.75) is 6.92 Å². The van der Waals surface area contributed by atoms with Crippen LogP contribution in [0.15, 0.2) is 60.7 Å². The molecule has 0 amide bonds. The number of nitrogens with zero attached hydrogens (tertiary/aromatic N) is 1. The predicted molar refractivity (Wildman–Crippen MR) is 79.0 cm³/mol. The third-order valence-electron chi connectivity index (χ3n) is 2.51. The number of hydrogen-bond donors (Lipinski definition) is 0. The lowest BCUT2D eigenvalue weighted by Gasteiger charge is -1.95. The van der Waals surface area contributed by atoms with Crippen molar-refractivity contribution in [3.05, 3.63) is 77.4 Å². The molecular weight excluding hydrogens is 218 g/mol. The molecule has 0 fully saturated rings. The Morgan fingerprint density at radius 1 is 0.889 bits per heavy atom. The second kappa shape index (κ2) is 6.39.